The van der Waals surface area contributed by atoms with Crippen molar-refractivity contribution >= 4 is 0 Å². The molecule has 31 heavy (non-hydrogen) atoms. The van der Waals surface area contributed by atoms with Crippen LogP contribution in [0.2, 0.25) is 0 Å². The Morgan fingerprint density at radius 3 is 1.94 bits per heavy atom. The Balaban J connectivity index is 1.95. The third-order valence-electron chi connectivity index (χ3n) is 5.12. The van der Waals surface area contributed by atoms with Crippen molar-refractivity contribution in [3.8, 4) is 16.9 Å². The van der Waals surface area contributed by atoms with Crippen LogP contribution in [0.1, 0.15) is 36.5 Å². The fourth-order valence-corrected chi connectivity index (χ4v) is 3.45. The molecule has 0 aliphatic rings. The van der Waals surface area contributed by atoms with Crippen molar-refractivity contribution in [2.45, 2.75) is 39.0 Å². The summed E-state index contributed by atoms with van der Waals surface area (Å²) >= 11 is 0. The molecule has 0 aliphatic heterocycles. The third-order valence-corrected chi connectivity index (χ3v) is 5.12. The van der Waals surface area contributed by atoms with E-state index in [9.17, 15) is 27.1 Å². The van der Waals surface area contributed by atoms with E-state index < -0.39 is 51.8 Å². The molecular formula is C24H20F6O. The van der Waals surface area contributed by atoms with Crippen LogP contribution in [0.4, 0.5) is 26.3 Å². The third kappa shape index (κ3) is 4.86. The number of unbranched alkanes of at least 4 members (excludes halogenated alkanes) is 1. The van der Waals surface area contributed by atoms with Gasteiger partial charge in [0, 0.05) is 17.2 Å². The molecule has 1 nitrogen and oxygen atoms in total. The molecule has 0 heterocycles. The van der Waals surface area contributed by atoms with Crippen LogP contribution in [0.5, 0.6) is 5.75 Å². The molecule has 0 aromatic heterocycles. The Kier molecular flexibility index (Phi) is 6.93. The number of rotatable bonds is 7. The van der Waals surface area contributed by atoms with Crippen molar-refractivity contribution in [1.29, 1.82) is 0 Å². The highest BCUT2D eigenvalue weighted by Gasteiger charge is 2.22. The van der Waals surface area contributed by atoms with Gasteiger partial charge in [-0.05, 0) is 55.0 Å². The number of hydrogen-bond donors (Lipinski definition) is 1. The number of hydrogen-bond acceptors (Lipinski definition) is 1. The summed E-state index contributed by atoms with van der Waals surface area (Å²) in [6.07, 6.45) is 1.86. The number of benzene rings is 3. The lowest BCUT2D eigenvalue weighted by molar-refractivity contribution is 0.445. The number of phenolic OH excluding ortho intramolecular Hbond substituents is 1. The Hall–Kier alpha value is -2.96. The molecular weight excluding hydrogens is 418 g/mol. The van der Waals surface area contributed by atoms with E-state index in [2.05, 4.69) is 0 Å². The highest BCUT2D eigenvalue weighted by Crippen LogP contribution is 2.37. The highest BCUT2D eigenvalue weighted by atomic mass is 19.2. The van der Waals surface area contributed by atoms with Gasteiger partial charge < -0.3 is 5.11 Å². The second-order valence-electron chi connectivity index (χ2n) is 7.34. The molecule has 0 radical (unpaired) electrons. The molecule has 0 bridgehead atoms. The Morgan fingerprint density at radius 1 is 0.677 bits per heavy atom. The minimum Gasteiger partial charge on any atom is -0.507 e. The van der Waals surface area contributed by atoms with Gasteiger partial charge in [-0.2, -0.15) is 0 Å². The van der Waals surface area contributed by atoms with Crippen LogP contribution in [0.3, 0.4) is 0 Å². The number of aromatic hydroxyl groups is 1. The van der Waals surface area contributed by atoms with Crippen molar-refractivity contribution in [3.05, 3.63) is 88.0 Å². The van der Waals surface area contributed by atoms with Gasteiger partial charge >= 0.3 is 0 Å². The Bertz CT molecular complexity index is 1090. The van der Waals surface area contributed by atoms with E-state index in [1.54, 1.807) is 6.07 Å². The first-order valence-electron chi connectivity index (χ1n) is 9.85. The summed E-state index contributed by atoms with van der Waals surface area (Å²) in [6, 6.07) is 6.33. The van der Waals surface area contributed by atoms with Crippen molar-refractivity contribution in [2.24, 2.45) is 0 Å². The lowest BCUT2D eigenvalue weighted by atomic mass is 9.95. The molecule has 0 aliphatic carbocycles. The predicted molar refractivity (Wildman–Crippen MR) is 106 cm³/mol. The summed E-state index contributed by atoms with van der Waals surface area (Å²) in [4.78, 5) is 0. The van der Waals surface area contributed by atoms with E-state index >= 15 is 4.39 Å². The second-order valence-corrected chi connectivity index (χ2v) is 7.34. The summed E-state index contributed by atoms with van der Waals surface area (Å²) in [5, 5.41) is 10.1. The normalized spacial score (nSPS) is 11.2. The van der Waals surface area contributed by atoms with Gasteiger partial charge in [-0.15, -0.1) is 0 Å². The average Bonchev–Trinajstić information content (AvgIpc) is 2.71. The van der Waals surface area contributed by atoms with Crippen molar-refractivity contribution in [2.75, 3.05) is 0 Å². The fraction of sp³-hybridized carbons (Fsp3) is 0.250. The zero-order chi connectivity index (χ0) is 22.7. The fourth-order valence-electron chi connectivity index (χ4n) is 3.45. The number of phenols is 1. The highest BCUT2D eigenvalue weighted by molar-refractivity contribution is 5.72. The predicted octanol–water partition coefficient (Wildman–Crippen LogP) is 7.02. The van der Waals surface area contributed by atoms with Crippen LogP contribution >= 0.6 is 0 Å². The Morgan fingerprint density at radius 2 is 1.32 bits per heavy atom. The molecule has 0 spiro atoms. The monoisotopic (exact) mass is 438 g/mol. The van der Waals surface area contributed by atoms with E-state index in [1.165, 1.54) is 12.1 Å². The largest absolute Gasteiger partial charge is 0.507 e. The first-order chi connectivity index (χ1) is 14.7. The molecule has 0 saturated carbocycles. The molecule has 0 amide bonds. The van der Waals surface area contributed by atoms with Crippen LogP contribution in [0, 0.1) is 34.9 Å². The summed E-state index contributed by atoms with van der Waals surface area (Å²) in [6.45, 7) is 1.99. The van der Waals surface area contributed by atoms with Crippen molar-refractivity contribution in [3.63, 3.8) is 0 Å². The molecule has 0 unspecified atom stereocenters. The lowest BCUT2D eigenvalue weighted by Gasteiger charge is -2.14. The average molecular weight is 438 g/mol. The summed E-state index contributed by atoms with van der Waals surface area (Å²) < 4.78 is 83.9. The smallest absolute Gasteiger partial charge is 0.194 e. The molecule has 3 aromatic rings. The molecule has 0 fully saturated rings. The molecule has 7 heteroatoms. The van der Waals surface area contributed by atoms with Crippen LogP contribution in [0.15, 0.2) is 36.4 Å². The minimum absolute atomic E-state index is 0.00344. The van der Waals surface area contributed by atoms with Crippen LogP contribution in [-0.4, -0.2) is 5.11 Å². The lowest BCUT2D eigenvalue weighted by Crippen LogP contribution is -2.04. The van der Waals surface area contributed by atoms with E-state index in [0.29, 0.717) is 18.1 Å². The van der Waals surface area contributed by atoms with Crippen molar-refractivity contribution < 1.29 is 31.4 Å². The van der Waals surface area contributed by atoms with Gasteiger partial charge in [-0.3, -0.25) is 0 Å². The van der Waals surface area contributed by atoms with Crippen LogP contribution < -0.4 is 0 Å². The van der Waals surface area contributed by atoms with Gasteiger partial charge in [0.2, 0.25) is 0 Å². The Labute approximate surface area is 176 Å². The zero-order valence-electron chi connectivity index (χ0n) is 16.7. The van der Waals surface area contributed by atoms with Gasteiger partial charge in [-0.25, -0.2) is 26.3 Å². The molecule has 164 valence electrons. The van der Waals surface area contributed by atoms with E-state index in [1.807, 2.05) is 6.92 Å². The molecule has 0 saturated heterocycles. The van der Waals surface area contributed by atoms with Gasteiger partial charge in [0.1, 0.15) is 23.2 Å². The second kappa shape index (κ2) is 9.45. The maximum Gasteiger partial charge on any atom is 0.194 e. The molecule has 0 atom stereocenters. The van der Waals surface area contributed by atoms with Crippen molar-refractivity contribution in [1.82, 2.24) is 0 Å². The number of aryl methyl sites for hydroxylation is 2. The van der Waals surface area contributed by atoms with Gasteiger partial charge in [0.15, 0.2) is 17.5 Å². The van der Waals surface area contributed by atoms with E-state index in [-0.39, 0.29) is 24.0 Å². The summed E-state index contributed by atoms with van der Waals surface area (Å²) in [5.74, 6) is -8.23. The maximum atomic E-state index is 15.1. The SMILES string of the molecule is CCCCc1ccc(-c2c(O)cc(F)c(CCc3cc(F)c(F)c(F)c3)c2F)c(F)c1. The summed E-state index contributed by atoms with van der Waals surface area (Å²) in [5.41, 5.74) is -0.489. The van der Waals surface area contributed by atoms with Gasteiger partial charge in [-0.1, -0.05) is 25.5 Å². The maximum absolute atomic E-state index is 15.1. The van der Waals surface area contributed by atoms with E-state index in [0.717, 1.165) is 25.0 Å². The molecule has 3 aromatic carbocycles. The molecule has 1 N–H and O–H groups in total. The standard InChI is InChI=1S/C24H20F6O/c1-2-3-4-13-5-7-15(17(25)9-13)22-21(31)12-18(26)16(23(22)29)8-6-14-10-19(27)24(30)20(28)11-14/h5,7,9-12,31H,2-4,6,8H2,1H3. The van der Waals surface area contributed by atoms with Gasteiger partial charge in [0.05, 0.1) is 5.56 Å². The van der Waals surface area contributed by atoms with Crippen LogP contribution in [0.25, 0.3) is 11.1 Å². The zero-order valence-corrected chi connectivity index (χ0v) is 16.7. The topological polar surface area (TPSA) is 20.2 Å². The van der Waals surface area contributed by atoms with Gasteiger partial charge in [0.25, 0.3) is 0 Å². The summed E-state index contributed by atoms with van der Waals surface area (Å²) in [7, 11) is 0. The first kappa shape index (κ1) is 22.7. The van der Waals surface area contributed by atoms with E-state index in [4.69, 9.17) is 0 Å². The minimum atomic E-state index is -1.63. The first-order valence-corrected chi connectivity index (χ1v) is 9.85. The van der Waals surface area contributed by atoms with Crippen LogP contribution in [-0.2, 0) is 19.3 Å². The quantitative estimate of drug-likeness (QED) is 0.310. The number of halogens is 6. The molecule has 3 rings (SSSR count).